The molecule has 0 unspecified atom stereocenters. The van der Waals surface area contributed by atoms with E-state index in [1.165, 1.54) is 5.56 Å². The van der Waals surface area contributed by atoms with Gasteiger partial charge in [0.05, 0.1) is 5.92 Å². The highest BCUT2D eigenvalue weighted by Crippen LogP contribution is 2.19. The van der Waals surface area contributed by atoms with Crippen LogP contribution in [0.5, 0.6) is 0 Å². The Balaban J connectivity index is 1.50. The van der Waals surface area contributed by atoms with Gasteiger partial charge in [-0.15, -0.1) is 0 Å². The molecule has 0 radical (unpaired) electrons. The quantitative estimate of drug-likeness (QED) is 0.890. The van der Waals surface area contributed by atoms with Gasteiger partial charge in [0.15, 0.2) is 0 Å². The van der Waals surface area contributed by atoms with E-state index in [4.69, 9.17) is 0 Å². The van der Waals surface area contributed by atoms with Crippen molar-refractivity contribution in [3.63, 3.8) is 0 Å². The summed E-state index contributed by atoms with van der Waals surface area (Å²) in [5.41, 5.74) is 1.28. The lowest BCUT2D eigenvalue weighted by atomic mass is 9.96. The first-order valence-electron chi connectivity index (χ1n) is 9.49. The fourth-order valence-electron chi connectivity index (χ4n) is 3.86. The summed E-state index contributed by atoms with van der Waals surface area (Å²) in [6, 6.07) is 9.95. The minimum Gasteiger partial charge on any atom is -0.344 e. The molecular formula is C20H29N3O2. The predicted molar refractivity (Wildman–Crippen MR) is 97.9 cm³/mol. The zero-order chi connectivity index (χ0) is 17.6. The molecule has 25 heavy (non-hydrogen) atoms. The summed E-state index contributed by atoms with van der Waals surface area (Å²) >= 11 is 0. The highest BCUT2D eigenvalue weighted by molar-refractivity contribution is 5.88. The summed E-state index contributed by atoms with van der Waals surface area (Å²) < 4.78 is 0. The van der Waals surface area contributed by atoms with Crippen molar-refractivity contribution in [3.05, 3.63) is 35.9 Å². The van der Waals surface area contributed by atoms with Crippen molar-refractivity contribution in [1.29, 1.82) is 0 Å². The van der Waals surface area contributed by atoms with Gasteiger partial charge >= 0.3 is 0 Å². The van der Waals surface area contributed by atoms with E-state index in [0.717, 1.165) is 58.4 Å². The summed E-state index contributed by atoms with van der Waals surface area (Å²) in [6.45, 7) is 6.14. The molecule has 1 aromatic carbocycles. The lowest BCUT2D eigenvalue weighted by molar-refractivity contribution is -0.136. The van der Waals surface area contributed by atoms with Crippen LogP contribution in [0.1, 0.15) is 38.2 Å². The average Bonchev–Trinajstić information content (AvgIpc) is 3.16. The number of benzene rings is 1. The Morgan fingerprint density at radius 2 is 1.84 bits per heavy atom. The van der Waals surface area contributed by atoms with Crippen LogP contribution in [0, 0.1) is 5.92 Å². The van der Waals surface area contributed by atoms with Gasteiger partial charge in [0.1, 0.15) is 6.04 Å². The predicted octanol–water partition coefficient (Wildman–Crippen LogP) is 2.03. The molecule has 0 aromatic heterocycles. The van der Waals surface area contributed by atoms with Crippen molar-refractivity contribution in [2.45, 2.75) is 45.2 Å². The lowest BCUT2D eigenvalue weighted by Crippen LogP contribution is -2.50. The van der Waals surface area contributed by atoms with Gasteiger partial charge in [-0.05, 0) is 44.7 Å². The van der Waals surface area contributed by atoms with Crippen molar-refractivity contribution in [2.75, 3.05) is 26.2 Å². The van der Waals surface area contributed by atoms with E-state index in [1.54, 1.807) is 0 Å². The van der Waals surface area contributed by atoms with E-state index in [1.807, 2.05) is 17.9 Å². The van der Waals surface area contributed by atoms with Crippen LogP contribution in [0.25, 0.3) is 0 Å². The Morgan fingerprint density at radius 1 is 1.12 bits per heavy atom. The molecule has 136 valence electrons. The van der Waals surface area contributed by atoms with Gasteiger partial charge in [0.25, 0.3) is 0 Å². The second-order valence-corrected chi connectivity index (χ2v) is 7.32. The Hall–Kier alpha value is -1.88. The highest BCUT2D eigenvalue weighted by atomic mass is 16.2. The van der Waals surface area contributed by atoms with E-state index in [0.29, 0.717) is 0 Å². The first-order valence-corrected chi connectivity index (χ1v) is 9.49. The van der Waals surface area contributed by atoms with E-state index >= 15 is 0 Å². The molecule has 0 aliphatic carbocycles. The summed E-state index contributed by atoms with van der Waals surface area (Å²) in [5.74, 6) is 0.0619. The van der Waals surface area contributed by atoms with Crippen LogP contribution >= 0.6 is 0 Å². The molecule has 2 heterocycles. The monoisotopic (exact) mass is 343 g/mol. The van der Waals surface area contributed by atoms with Crippen LogP contribution in [0.3, 0.4) is 0 Å². The van der Waals surface area contributed by atoms with Gasteiger partial charge < -0.3 is 10.2 Å². The number of rotatable bonds is 5. The van der Waals surface area contributed by atoms with Gasteiger partial charge in [-0.3, -0.25) is 14.5 Å². The van der Waals surface area contributed by atoms with Crippen molar-refractivity contribution in [3.8, 4) is 0 Å². The van der Waals surface area contributed by atoms with Crippen LogP contribution in [0.15, 0.2) is 30.3 Å². The standard InChI is InChI=1S/C20H29N3O2/c1-16(20(25)23-12-5-6-13-23)21-19(24)18-10-7-11-22(15-18)14-17-8-3-2-4-9-17/h2-4,8-9,16,18H,5-7,10-15H2,1H3,(H,21,24)/t16-,18-/m1/s1. The van der Waals surface area contributed by atoms with Gasteiger partial charge in [0.2, 0.25) is 11.8 Å². The van der Waals surface area contributed by atoms with Crippen LogP contribution in [0.4, 0.5) is 0 Å². The Labute approximate surface area is 150 Å². The zero-order valence-corrected chi connectivity index (χ0v) is 15.1. The summed E-state index contributed by atoms with van der Waals surface area (Å²) in [5, 5.41) is 2.95. The molecule has 2 aliphatic heterocycles. The maximum Gasteiger partial charge on any atom is 0.244 e. The number of hydrogen-bond acceptors (Lipinski definition) is 3. The van der Waals surface area contributed by atoms with Crippen molar-refractivity contribution in [1.82, 2.24) is 15.1 Å². The molecule has 0 spiro atoms. The van der Waals surface area contributed by atoms with Crippen molar-refractivity contribution in [2.24, 2.45) is 5.92 Å². The summed E-state index contributed by atoms with van der Waals surface area (Å²) in [7, 11) is 0. The number of carbonyl (C=O) groups excluding carboxylic acids is 2. The van der Waals surface area contributed by atoms with Gasteiger partial charge in [-0.2, -0.15) is 0 Å². The second kappa shape index (κ2) is 8.48. The van der Waals surface area contributed by atoms with E-state index in [9.17, 15) is 9.59 Å². The third-order valence-electron chi connectivity index (χ3n) is 5.27. The number of carbonyl (C=O) groups is 2. The van der Waals surface area contributed by atoms with Gasteiger partial charge in [0, 0.05) is 26.2 Å². The smallest absolute Gasteiger partial charge is 0.244 e. The van der Waals surface area contributed by atoms with Crippen LogP contribution in [-0.4, -0.2) is 53.8 Å². The van der Waals surface area contributed by atoms with Crippen LogP contribution < -0.4 is 5.32 Å². The van der Waals surface area contributed by atoms with Crippen LogP contribution in [-0.2, 0) is 16.1 Å². The fourth-order valence-corrected chi connectivity index (χ4v) is 3.86. The molecule has 2 amide bonds. The molecule has 2 aliphatic rings. The Bertz CT molecular complexity index is 584. The van der Waals surface area contributed by atoms with E-state index < -0.39 is 6.04 Å². The topological polar surface area (TPSA) is 52.7 Å². The minimum absolute atomic E-state index is 0.0220. The lowest BCUT2D eigenvalue weighted by Gasteiger charge is -2.32. The first-order chi connectivity index (χ1) is 12.1. The molecule has 0 bridgehead atoms. The molecule has 0 saturated carbocycles. The molecular weight excluding hydrogens is 314 g/mol. The van der Waals surface area contributed by atoms with Crippen LogP contribution in [0.2, 0.25) is 0 Å². The third-order valence-corrected chi connectivity index (χ3v) is 5.27. The van der Waals surface area contributed by atoms with E-state index in [-0.39, 0.29) is 17.7 Å². The van der Waals surface area contributed by atoms with Gasteiger partial charge in [-0.1, -0.05) is 30.3 Å². The maximum absolute atomic E-state index is 12.6. The molecule has 1 N–H and O–H groups in total. The number of nitrogens with zero attached hydrogens (tertiary/aromatic N) is 2. The highest BCUT2D eigenvalue weighted by Gasteiger charge is 2.29. The third kappa shape index (κ3) is 4.82. The normalized spacial score (nSPS) is 22.6. The molecule has 1 aromatic rings. The number of amides is 2. The Morgan fingerprint density at radius 3 is 2.56 bits per heavy atom. The molecule has 5 nitrogen and oxygen atoms in total. The minimum atomic E-state index is -0.421. The fraction of sp³-hybridized carbons (Fsp3) is 0.600. The Kier molecular flexibility index (Phi) is 6.08. The van der Waals surface area contributed by atoms with Crippen molar-refractivity contribution >= 4 is 11.8 Å². The summed E-state index contributed by atoms with van der Waals surface area (Å²) in [6.07, 6.45) is 4.08. The second-order valence-electron chi connectivity index (χ2n) is 7.32. The number of hydrogen-bond donors (Lipinski definition) is 1. The molecule has 2 atom stereocenters. The SMILES string of the molecule is C[C@@H](NC(=O)[C@@H]1CCCN(Cc2ccccc2)C1)C(=O)N1CCCC1. The average molecular weight is 343 g/mol. The molecule has 2 saturated heterocycles. The maximum atomic E-state index is 12.6. The number of piperidine rings is 1. The molecule has 5 heteroatoms. The zero-order valence-electron chi connectivity index (χ0n) is 15.1. The number of likely N-dealkylation sites (tertiary alicyclic amines) is 2. The van der Waals surface area contributed by atoms with E-state index in [2.05, 4.69) is 34.5 Å². The largest absolute Gasteiger partial charge is 0.344 e. The molecule has 3 rings (SSSR count). The van der Waals surface area contributed by atoms with Crippen molar-refractivity contribution < 1.29 is 9.59 Å². The van der Waals surface area contributed by atoms with Gasteiger partial charge in [-0.25, -0.2) is 0 Å². The first kappa shape index (κ1) is 17.9. The molecule has 2 fully saturated rings. The summed E-state index contributed by atoms with van der Waals surface area (Å²) in [4.78, 5) is 29.2. The number of nitrogens with one attached hydrogen (secondary N) is 1.